The number of nitrogens with zero attached hydrogens (tertiary/aromatic N) is 2. The highest BCUT2D eigenvalue weighted by Gasteiger charge is 2.32. The van der Waals surface area contributed by atoms with Crippen molar-refractivity contribution < 1.29 is 9.53 Å². The lowest BCUT2D eigenvalue weighted by Gasteiger charge is -2.40. The summed E-state index contributed by atoms with van der Waals surface area (Å²) in [5.74, 6) is 0.458. The van der Waals surface area contributed by atoms with Crippen LogP contribution in [0.25, 0.3) is 0 Å². The first-order chi connectivity index (χ1) is 17.9. The van der Waals surface area contributed by atoms with Gasteiger partial charge in [0.25, 0.3) is 5.91 Å². The largest absolute Gasteiger partial charge is 0.497 e. The number of hydrogen-bond acceptors (Lipinski definition) is 5. The van der Waals surface area contributed by atoms with E-state index in [1.165, 1.54) is 0 Å². The van der Waals surface area contributed by atoms with E-state index < -0.39 is 6.04 Å². The number of piperazine rings is 1. The number of methoxy groups -OCH3 is 1. The van der Waals surface area contributed by atoms with Gasteiger partial charge in [-0.05, 0) is 60.2 Å². The van der Waals surface area contributed by atoms with E-state index in [9.17, 15) is 4.79 Å². The number of halogens is 3. The first-order valence-electron chi connectivity index (χ1n) is 11.6. The van der Waals surface area contributed by atoms with Crippen LogP contribution in [0.5, 0.6) is 5.75 Å². The van der Waals surface area contributed by atoms with E-state index in [2.05, 4.69) is 26.0 Å². The van der Waals surface area contributed by atoms with Crippen molar-refractivity contribution in [3.05, 3.63) is 87.4 Å². The SMILES string of the molecule is COc1ccc(NC(=S)NNC(=O)C(c2ccccc2Cl)N2CCN(c3cccc(Cl)c3Cl)CC2)cc1. The van der Waals surface area contributed by atoms with Crippen molar-refractivity contribution in [2.75, 3.05) is 43.5 Å². The molecule has 0 radical (unpaired) electrons. The van der Waals surface area contributed by atoms with Crippen molar-refractivity contribution in [2.24, 2.45) is 0 Å². The minimum absolute atomic E-state index is 0.247. The van der Waals surface area contributed by atoms with Crippen molar-refractivity contribution in [1.82, 2.24) is 15.8 Å². The van der Waals surface area contributed by atoms with Gasteiger partial charge in [-0.2, -0.15) is 0 Å². The standard InChI is InChI=1S/C26H26Cl3N5O2S/c1-36-18-11-9-17(10-12-18)30-26(37)32-31-25(35)24(19-5-2-3-6-20(19)27)34-15-13-33(14-16-34)22-8-4-7-21(28)23(22)29/h2-12,24H,13-16H2,1H3,(H,31,35)(H2,30,32,37). The first kappa shape index (κ1) is 27.3. The highest BCUT2D eigenvalue weighted by molar-refractivity contribution is 7.80. The zero-order valence-electron chi connectivity index (χ0n) is 20.0. The number of benzene rings is 3. The van der Waals surface area contributed by atoms with Crippen molar-refractivity contribution in [1.29, 1.82) is 0 Å². The number of rotatable bonds is 6. The Bertz CT molecular complexity index is 1250. The van der Waals surface area contributed by atoms with E-state index >= 15 is 0 Å². The number of amides is 1. The molecule has 0 bridgehead atoms. The van der Waals surface area contributed by atoms with E-state index in [0.29, 0.717) is 46.8 Å². The second-order valence-corrected chi connectivity index (χ2v) is 9.92. The fourth-order valence-electron chi connectivity index (χ4n) is 4.18. The van der Waals surface area contributed by atoms with Crippen molar-refractivity contribution >= 4 is 69.4 Å². The summed E-state index contributed by atoms with van der Waals surface area (Å²) in [6.45, 7) is 2.56. The summed E-state index contributed by atoms with van der Waals surface area (Å²) in [6, 6.07) is 19.6. The third-order valence-electron chi connectivity index (χ3n) is 6.05. The summed E-state index contributed by atoms with van der Waals surface area (Å²) in [5, 5.41) is 4.84. The molecule has 7 nitrogen and oxygen atoms in total. The Morgan fingerprint density at radius 1 is 0.892 bits per heavy atom. The summed E-state index contributed by atoms with van der Waals surface area (Å²) in [7, 11) is 1.60. The summed E-state index contributed by atoms with van der Waals surface area (Å²) >= 11 is 24.5. The van der Waals surface area contributed by atoms with Gasteiger partial charge in [0, 0.05) is 36.9 Å². The molecule has 0 saturated carbocycles. The molecule has 1 aliphatic rings. The lowest BCUT2D eigenvalue weighted by molar-refractivity contribution is -0.127. The summed E-state index contributed by atoms with van der Waals surface area (Å²) in [5.41, 5.74) is 7.88. The molecule has 11 heteroatoms. The van der Waals surface area contributed by atoms with E-state index in [1.807, 2.05) is 54.6 Å². The molecule has 0 aliphatic carbocycles. The molecule has 3 aromatic rings. The molecule has 3 N–H and O–H groups in total. The van der Waals surface area contributed by atoms with Gasteiger partial charge in [-0.25, -0.2) is 0 Å². The van der Waals surface area contributed by atoms with Crippen LogP contribution in [0, 0.1) is 0 Å². The molecular formula is C26H26Cl3N5O2S. The zero-order valence-corrected chi connectivity index (χ0v) is 23.1. The van der Waals surface area contributed by atoms with Gasteiger partial charge in [-0.15, -0.1) is 0 Å². The van der Waals surface area contributed by atoms with Crippen LogP contribution in [0.1, 0.15) is 11.6 Å². The maximum absolute atomic E-state index is 13.5. The molecule has 37 heavy (non-hydrogen) atoms. The summed E-state index contributed by atoms with van der Waals surface area (Å²) < 4.78 is 5.17. The van der Waals surface area contributed by atoms with Crippen LogP contribution in [-0.2, 0) is 4.79 Å². The van der Waals surface area contributed by atoms with Crippen LogP contribution in [-0.4, -0.2) is 49.2 Å². The lowest BCUT2D eigenvalue weighted by Crippen LogP contribution is -2.54. The molecule has 1 atom stereocenters. The molecule has 1 saturated heterocycles. The second-order valence-electron chi connectivity index (χ2n) is 8.32. The molecule has 1 fully saturated rings. The van der Waals surface area contributed by atoms with E-state index in [-0.39, 0.29) is 11.0 Å². The Hall–Kier alpha value is -2.75. The minimum atomic E-state index is -0.623. The average Bonchev–Trinajstić information content (AvgIpc) is 2.91. The minimum Gasteiger partial charge on any atom is -0.497 e. The number of ether oxygens (including phenoxy) is 1. The Labute approximate surface area is 236 Å². The van der Waals surface area contributed by atoms with E-state index in [4.69, 9.17) is 51.8 Å². The van der Waals surface area contributed by atoms with E-state index in [1.54, 1.807) is 19.2 Å². The number of anilines is 2. The number of hydrogen-bond donors (Lipinski definition) is 3. The smallest absolute Gasteiger partial charge is 0.260 e. The van der Waals surface area contributed by atoms with Gasteiger partial charge < -0.3 is 15.0 Å². The Kier molecular flexibility index (Phi) is 9.34. The molecule has 3 aromatic carbocycles. The molecule has 0 spiro atoms. The predicted molar refractivity (Wildman–Crippen MR) is 155 cm³/mol. The third kappa shape index (κ3) is 6.77. The maximum atomic E-state index is 13.5. The second kappa shape index (κ2) is 12.7. The number of carbonyl (C=O) groups is 1. The van der Waals surface area contributed by atoms with Gasteiger partial charge >= 0.3 is 0 Å². The Balaban J connectivity index is 1.43. The topological polar surface area (TPSA) is 68.9 Å². The quantitative estimate of drug-likeness (QED) is 0.262. The molecule has 1 amide bonds. The van der Waals surface area contributed by atoms with Gasteiger partial charge in [0.2, 0.25) is 0 Å². The predicted octanol–water partition coefficient (Wildman–Crippen LogP) is 5.54. The average molecular weight is 579 g/mol. The fraction of sp³-hybridized carbons (Fsp3) is 0.231. The number of carbonyl (C=O) groups excluding carboxylic acids is 1. The Morgan fingerprint density at radius 2 is 1.57 bits per heavy atom. The van der Waals surface area contributed by atoms with Gasteiger partial charge in [0.1, 0.15) is 11.8 Å². The molecule has 194 valence electrons. The number of thiocarbonyl (C=S) groups is 1. The number of hydrazine groups is 1. The zero-order chi connectivity index (χ0) is 26.4. The van der Waals surface area contributed by atoms with Gasteiger partial charge in [0.15, 0.2) is 5.11 Å². The molecule has 1 heterocycles. The summed E-state index contributed by atoms with van der Waals surface area (Å²) in [6.07, 6.45) is 0. The van der Waals surface area contributed by atoms with Gasteiger partial charge in [-0.3, -0.25) is 20.5 Å². The highest BCUT2D eigenvalue weighted by atomic mass is 35.5. The van der Waals surface area contributed by atoms with Crippen LogP contribution in [0.4, 0.5) is 11.4 Å². The van der Waals surface area contributed by atoms with Crippen molar-refractivity contribution in [3.8, 4) is 5.75 Å². The monoisotopic (exact) mass is 577 g/mol. The number of nitrogens with one attached hydrogen (secondary N) is 3. The normalized spacial score (nSPS) is 14.5. The van der Waals surface area contributed by atoms with Crippen LogP contribution < -0.4 is 25.8 Å². The van der Waals surface area contributed by atoms with Crippen LogP contribution >= 0.6 is 47.0 Å². The van der Waals surface area contributed by atoms with Crippen LogP contribution in [0.15, 0.2) is 66.7 Å². The molecular weight excluding hydrogens is 553 g/mol. The molecule has 1 unspecified atom stereocenters. The van der Waals surface area contributed by atoms with Gasteiger partial charge in [0.05, 0.1) is 22.8 Å². The van der Waals surface area contributed by atoms with Crippen molar-refractivity contribution in [3.63, 3.8) is 0 Å². The fourth-order valence-corrected chi connectivity index (χ4v) is 5.00. The molecule has 0 aromatic heterocycles. The van der Waals surface area contributed by atoms with Gasteiger partial charge in [-0.1, -0.05) is 59.1 Å². The van der Waals surface area contributed by atoms with E-state index in [0.717, 1.165) is 17.1 Å². The lowest BCUT2D eigenvalue weighted by atomic mass is 10.0. The Morgan fingerprint density at radius 3 is 2.24 bits per heavy atom. The van der Waals surface area contributed by atoms with Crippen molar-refractivity contribution in [2.45, 2.75) is 6.04 Å². The van der Waals surface area contributed by atoms with Crippen LogP contribution in [0.3, 0.4) is 0 Å². The maximum Gasteiger partial charge on any atom is 0.260 e. The highest BCUT2D eigenvalue weighted by Crippen LogP contribution is 2.34. The third-order valence-corrected chi connectivity index (χ3v) is 7.40. The summed E-state index contributed by atoms with van der Waals surface area (Å²) in [4.78, 5) is 17.7. The molecule has 4 rings (SSSR count). The van der Waals surface area contributed by atoms with Crippen LogP contribution in [0.2, 0.25) is 15.1 Å². The molecule has 1 aliphatic heterocycles. The first-order valence-corrected chi connectivity index (χ1v) is 13.1.